The summed E-state index contributed by atoms with van der Waals surface area (Å²) in [6, 6.07) is 4.00. The molecule has 1 aromatic rings. The Balaban J connectivity index is 2.46. The van der Waals surface area contributed by atoms with Gasteiger partial charge < -0.3 is 10.8 Å². The van der Waals surface area contributed by atoms with Gasteiger partial charge in [0.2, 0.25) is 0 Å². The Hall–Kier alpha value is -0.380. The molecule has 1 rings (SSSR count). The highest BCUT2D eigenvalue weighted by atomic mass is 32.1. The van der Waals surface area contributed by atoms with Crippen molar-refractivity contribution in [2.24, 2.45) is 5.73 Å². The van der Waals surface area contributed by atoms with Crippen molar-refractivity contribution in [3.63, 3.8) is 0 Å². The van der Waals surface area contributed by atoms with E-state index in [-0.39, 0.29) is 6.04 Å². The molecule has 0 fully saturated rings. The van der Waals surface area contributed by atoms with Gasteiger partial charge in [0.1, 0.15) is 0 Å². The van der Waals surface area contributed by atoms with Crippen molar-refractivity contribution >= 4 is 11.3 Å². The SMILES string of the molecule is CC(CC(O)C(C)N)c1cccs1. The van der Waals surface area contributed by atoms with Crippen LogP contribution in [0.4, 0.5) is 0 Å². The third-order valence-corrected chi connectivity index (χ3v) is 3.33. The summed E-state index contributed by atoms with van der Waals surface area (Å²) in [5.41, 5.74) is 5.59. The molecule has 74 valence electrons. The Morgan fingerprint density at radius 2 is 2.23 bits per heavy atom. The number of hydrogen-bond donors (Lipinski definition) is 2. The first-order chi connectivity index (χ1) is 6.11. The Morgan fingerprint density at radius 1 is 1.54 bits per heavy atom. The minimum atomic E-state index is -0.392. The molecule has 0 spiro atoms. The predicted molar refractivity (Wildman–Crippen MR) is 57.0 cm³/mol. The highest BCUT2D eigenvalue weighted by molar-refractivity contribution is 7.10. The lowest BCUT2D eigenvalue weighted by molar-refractivity contribution is 0.135. The molecule has 0 amide bonds. The van der Waals surface area contributed by atoms with Crippen LogP contribution in [0.25, 0.3) is 0 Å². The first-order valence-corrected chi connectivity index (χ1v) is 5.46. The van der Waals surface area contributed by atoms with Gasteiger partial charge in [-0.2, -0.15) is 0 Å². The van der Waals surface area contributed by atoms with Crippen molar-refractivity contribution in [2.75, 3.05) is 0 Å². The van der Waals surface area contributed by atoms with Crippen LogP contribution in [0.5, 0.6) is 0 Å². The molecule has 3 N–H and O–H groups in total. The highest BCUT2D eigenvalue weighted by Crippen LogP contribution is 2.25. The number of thiophene rings is 1. The summed E-state index contributed by atoms with van der Waals surface area (Å²) in [6.45, 7) is 3.96. The van der Waals surface area contributed by atoms with E-state index in [4.69, 9.17) is 5.73 Å². The van der Waals surface area contributed by atoms with E-state index >= 15 is 0 Å². The van der Waals surface area contributed by atoms with Gasteiger partial charge in [-0.1, -0.05) is 13.0 Å². The highest BCUT2D eigenvalue weighted by Gasteiger charge is 2.15. The molecular weight excluding hydrogens is 182 g/mol. The van der Waals surface area contributed by atoms with Crippen molar-refractivity contribution in [3.8, 4) is 0 Å². The summed E-state index contributed by atoms with van der Waals surface area (Å²) in [5, 5.41) is 11.6. The minimum absolute atomic E-state index is 0.137. The fraction of sp³-hybridized carbons (Fsp3) is 0.600. The summed E-state index contributed by atoms with van der Waals surface area (Å²) in [6.07, 6.45) is 0.357. The molecule has 0 aromatic carbocycles. The maximum absolute atomic E-state index is 9.58. The number of hydrogen-bond acceptors (Lipinski definition) is 3. The quantitative estimate of drug-likeness (QED) is 0.778. The number of rotatable bonds is 4. The molecule has 3 atom stereocenters. The standard InChI is InChI=1S/C10H17NOS/c1-7(6-9(12)8(2)11)10-4-3-5-13-10/h3-5,7-9,12H,6,11H2,1-2H3. The van der Waals surface area contributed by atoms with Crippen LogP contribution in [0, 0.1) is 0 Å². The van der Waals surface area contributed by atoms with E-state index in [1.807, 2.05) is 13.0 Å². The van der Waals surface area contributed by atoms with E-state index in [0.717, 1.165) is 6.42 Å². The van der Waals surface area contributed by atoms with E-state index in [9.17, 15) is 5.11 Å². The average Bonchev–Trinajstić information content (AvgIpc) is 2.55. The summed E-state index contributed by atoms with van der Waals surface area (Å²) in [7, 11) is 0. The van der Waals surface area contributed by atoms with Crippen molar-refractivity contribution in [3.05, 3.63) is 22.4 Å². The van der Waals surface area contributed by atoms with E-state index in [1.54, 1.807) is 11.3 Å². The van der Waals surface area contributed by atoms with Gasteiger partial charge in [0.05, 0.1) is 6.10 Å². The molecule has 1 heterocycles. The van der Waals surface area contributed by atoms with Gasteiger partial charge in [-0.3, -0.25) is 0 Å². The Morgan fingerprint density at radius 3 is 2.69 bits per heavy atom. The van der Waals surface area contributed by atoms with Crippen LogP contribution in [-0.2, 0) is 0 Å². The monoisotopic (exact) mass is 199 g/mol. The molecule has 0 bridgehead atoms. The molecule has 13 heavy (non-hydrogen) atoms. The maximum atomic E-state index is 9.58. The fourth-order valence-electron chi connectivity index (χ4n) is 1.26. The molecule has 3 unspecified atom stereocenters. The normalized spacial score (nSPS) is 18.2. The maximum Gasteiger partial charge on any atom is 0.0694 e. The van der Waals surface area contributed by atoms with Crippen LogP contribution in [0.1, 0.15) is 31.1 Å². The predicted octanol–water partition coefficient (Wildman–Crippen LogP) is 1.95. The Kier molecular flexibility index (Phi) is 3.90. The van der Waals surface area contributed by atoms with Gasteiger partial charge in [0, 0.05) is 10.9 Å². The van der Waals surface area contributed by atoms with Crippen LogP contribution in [0.3, 0.4) is 0 Å². The topological polar surface area (TPSA) is 46.2 Å². The van der Waals surface area contributed by atoms with Crippen LogP contribution in [0.2, 0.25) is 0 Å². The summed E-state index contributed by atoms with van der Waals surface area (Å²) >= 11 is 1.73. The third-order valence-electron chi connectivity index (χ3n) is 2.23. The molecule has 0 aliphatic carbocycles. The van der Waals surface area contributed by atoms with E-state index in [0.29, 0.717) is 5.92 Å². The summed E-state index contributed by atoms with van der Waals surface area (Å²) < 4.78 is 0. The van der Waals surface area contributed by atoms with Gasteiger partial charge in [-0.25, -0.2) is 0 Å². The number of nitrogens with two attached hydrogens (primary N) is 1. The Bertz CT molecular complexity index is 233. The van der Waals surface area contributed by atoms with Crippen LogP contribution >= 0.6 is 11.3 Å². The molecule has 0 aliphatic rings. The van der Waals surface area contributed by atoms with Gasteiger partial charge in [-0.15, -0.1) is 11.3 Å². The fourth-order valence-corrected chi connectivity index (χ4v) is 2.06. The molecule has 0 aliphatic heterocycles. The van der Waals surface area contributed by atoms with E-state index < -0.39 is 6.10 Å². The summed E-state index contributed by atoms with van der Waals surface area (Å²) in [5.74, 6) is 0.404. The summed E-state index contributed by atoms with van der Waals surface area (Å²) in [4.78, 5) is 1.32. The van der Waals surface area contributed by atoms with Crippen molar-refractivity contribution in [2.45, 2.75) is 38.3 Å². The minimum Gasteiger partial charge on any atom is -0.392 e. The second kappa shape index (κ2) is 4.74. The lowest BCUT2D eigenvalue weighted by Crippen LogP contribution is -2.32. The van der Waals surface area contributed by atoms with E-state index in [1.165, 1.54) is 4.88 Å². The van der Waals surface area contributed by atoms with Crippen molar-refractivity contribution in [1.82, 2.24) is 0 Å². The second-order valence-corrected chi connectivity index (χ2v) is 4.56. The van der Waals surface area contributed by atoms with Gasteiger partial charge >= 0.3 is 0 Å². The zero-order valence-corrected chi connectivity index (χ0v) is 8.92. The first-order valence-electron chi connectivity index (χ1n) is 4.58. The van der Waals surface area contributed by atoms with Crippen molar-refractivity contribution in [1.29, 1.82) is 0 Å². The first kappa shape index (κ1) is 10.7. The smallest absolute Gasteiger partial charge is 0.0694 e. The molecule has 0 radical (unpaired) electrons. The lowest BCUT2D eigenvalue weighted by Gasteiger charge is -2.18. The molecule has 0 saturated carbocycles. The van der Waals surface area contributed by atoms with Crippen molar-refractivity contribution < 1.29 is 5.11 Å². The zero-order valence-electron chi connectivity index (χ0n) is 8.10. The molecule has 3 heteroatoms. The number of aliphatic hydroxyl groups is 1. The average molecular weight is 199 g/mol. The largest absolute Gasteiger partial charge is 0.392 e. The zero-order chi connectivity index (χ0) is 9.84. The molecule has 1 aromatic heterocycles. The van der Waals surface area contributed by atoms with Gasteiger partial charge in [-0.05, 0) is 30.7 Å². The van der Waals surface area contributed by atoms with Crippen LogP contribution < -0.4 is 5.73 Å². The van der Waals surface area contributed by atoms with Gasteiger partial charge in [0.25, 0.3) is 0 Å². The number of aliphatic hydroxyl groups excluding tert-OH is 1. The van der Waals surface area contributed by atoms with Crippen LogP contribution in [-0.4, -0.2) is 17.3 Å². The Labute approximate surface area is 83.4 Å². The van der Waals surface area contributed by atoms with Gasteiger partial charge in [0.15, 0.2) is 0 Å². The third kappa shape index (κ3) is 3.10. The van der Waals surface area contributed by atoms with Crippen LogP contribution in [0.15, 0.2) is 17.5 Å². The lowest BCUT2D eigenvalue weighted by atomic mass is 9.99. The second-order valence-electron chi connectivity index (χ2n) is 3.58. The molecule has 0 saturated heterocycles. The molecule has 2 nitrogen and oxygen atoms in total. The molecular formula is C10H17NOS. The van der Waals surface area contributed by atoms with E-state index in [2.05, 4.69) is 18.4 Å².